The minimum atomic E-state index is -1.33. The van der Waals surface area contributed by atoms with Crippen LogP contribution in [0.3, 0.4) is 0 Å². The summed E-state index contributed by atoms with van der Waals surface area (Å²) < 4.78 is 5.23. The fourth-order valence-electron chi connectivity index (χ4n) is 2.24. The van der Waals surface area contributed by atoms with E-state index in [0.717, 1.165) is 0 Å². The molecule has 1 fully saturated rings. The monoisotopic (exact) mass is 257 g/mol. The maximum Gasteiger partial charge on any atom is 0.249 e. The van der Waals surface area contributed by atoms with Crippen molar-refractivity contribution in [2.24, 2.45) is 0 Å². The number of anilines is 1. The van der Waals surface area contributed by atoms with Gasteiger partial charge in [-0.05, 0) is 0 Å². The molecule has 0 amide bonds. The van der Waals surface area contributed by atoms with Gasteiger partial charge in [0.05, 0.1) is 17.9 Å². The predicted molar refractivity (Wildman–Crippen MR) is 62.4 cm³/mol. The van der Waals surface area contributed by atoms with E-state index >= 15 is 0 Å². The van der Waals surface area contributed by atoms with E-state index in [2.05, 4.69) is 0 Å². The van der Waals surface area contributed by atoms with Crippen molar-refractivity contribution in [3.8, 4) is 0 Å². The number of rotatable bonds is 3. The van der Waals surface area contributed by atoms with Crippen molar-refractivity contribution >= 4 is 5.69 Å². The van der Waals surface area contributed by atoms with E-state index in [-0.39, 0.29) is 11.3 Å². The molecular weight excluding hydrogens is 242 g/mol. The van der Waals surface area contributed by atoms with Crippen LogP contribution in [0.1, 0.15) is 11.7 Å². The van der Waals surface area contributed by atoms with Crippen molar-refractivity contribution in [2.75, 3.05) is 25.6 Å². The van der Waals surface area contributed by atoms with E-state index in [4.69, 9.17) is 9.84 Å². The standard InChI is InChI=1S/C11H15NO6/c1-12(2)6-5(8(15)9(6)16)11-10(17)7(14)4(3-13)18-11/h4,7,10-11,13-14,17H,3H2,1-2H3. The van der Waals surface area contributed by atoms with Crippen molar-refractivity contribution in [1.29, 1.82) is 0 Å². The van der Waals surface area contributed by atoms with Gasteiger partial charge in [0.2, 0.25) is 10.9 Å². The average Bonchev–Trinajstić information content (AvgIpc) is 2.61. The number of aliphatic hydroxyl groups is 3. The molecule has 100 valence electrons. The largest absolute Gasteiger partial charge is 0.394 e. The molecule has 1 aromatic rings. The maximum absolute atomic E-state index is 11.5. The zero-order valence-corrected chi connectivity index (χ0v) is 10.0. The lowest BCUT2D eigenvalue weighted by Gasteiger charge is -2.23. The molecule has 7 heteroatoms. The van der Waals surface area contributed by atoms with Crippen LogP contribution in [0.25, 0.3) is 0 Å². The number of hydrogen-bond donors (Lipinski definition) is 3. The van der Waals surface area contributed by atoms with E-state index in [0.29, 0.717) is 0 Å². The molecule has 0 saturated carbocycles. The van der Waals surface area contributed by atoms with Gasteiger partial charge >= 0.3 is 0 Å². The van der Waals surface area contributed by atoms with Gasteiger partial charge in [0.25, 0.3) is 0 Å². The van der Waals surface area contributed by atoms with Gasteiger partial charge in [-0.25, -0.2) is 0 Å². The van der Waals surface area contributed by atoms with Gasteiger partial charge in [0, 0.05) is 14.1 Å². The Morgan fingerprint density at radius 1 is 1.17 bits per heavy atom. The number of ether oxygens (including phenoxy) is 1. The van der Waals surface area contributed by atoms with Gasteiger partial charge in [-0.15, -0.1) is 0 Å². The number of hydrogen-bond acceptors (Lipinski definition) is 7. The maximum atomic E-state index is 11.5. The van der Waals surface area contributed by atoms with Crippen LogP contribution in [-0.4, -0.2) is 54.3 Å². The average molecular weight is 257 g/mol. The van der Waals surface area contributed by atoms with Crippen molar-refractivity contribution in [2.45, 2.75) is 24.4 Å². The summed E-state index contributed by atoms with van der Waals surface area (Å²) in [5.74, 6) is 0. The summed E-state index contributed by atoms with van der Waals surface area (Å²) in [4.78, 5) is 24.4. The third-order valence-electron chi connectivity index (χ3n) is 3.20. The van der Waals surface area contributed by atoms with Crippen LogP contribution in [0, 0.1) is 0 Å². The summed E-state index contributed by atoms with van der Waals surface area (Å²) in [7, 11) is 3.20. The third kappa shape index (κ3) is 1.67. The molecule has 7 nitrogen and oxygen atoms in total. The lowest BCUT2D eigenvalue weighted by Crippen LogP contribution is -2.44. The lowest BCUT2D eigenvalue weighted by molar-refractivity contribution is -0.0232. The van der Waals surface area contributed by atoms with Crippen LogP contribution in [0.4, 0.5) is 5.69 Å². The normalized spacial score (nSPS) is 32.1. The van der Waals surface area contributed by atoms with Crippen LogP contribution in [0.15, 0.2) is 9.59 Å². The summed E-state index contributed by atoms with van der Waals surface area (Å²) in [6, 6.07) is 0. The molecule has 4 unspecified atom stereocenters. The minimum absolute atomic E-state index is 0.0625. The Bertz CT molecular complexity index is 518. The smallest absolute Gasteiger partial charge is 0.249 e. The summed E-state index contributed by atoms with van der Waals surface area (Å²) in [5.41, 5.74) is -1.11. The molecule has 4 atom stereocenters. The highest BCUT2D eigenvalue weighted by atomic mass is 16.6. The molecule has 2 rings (SSSR count). The van der Waals surface area contributed by atoms with Gasteiger partial charge in [0.15, 0.2) is 0 Å². The molecule has 0 bridgehead atoms. The van der Waals surface area contributed by atoms with Crippen LogP contribution < -0.4 is 15.8 Å². The van der Waals surface area contributed by atoms with E-state index in [1.807, 2.05) is 0 Å². The molecule has 0 radical (unpaired) electrons. The predicted octanol–water partition coefficient (Wildman–Crippen LogP) is -2.50. The zero-order valence-electron chi connectivity index (χ0n) is 10.0. The molecule has 18 heavy (non-hydrogen) atoms. The fourth-order valence-corrected chi connectivity index (χ4v) is 2.24. The molecule has 1 aliphatic rings. The van der Waals surface area contributed by atoms with Crippen molar-refractivity contribution in [1.82, 2.24) is 0 Å². The Morgan fingerprint density at radius 3 is 2.22 bits per heavy atom. The topological polar surface area (TPSA) is 107 Å². The minimum Gasteiger partial charge on any atom is -0.394 e. The summed E-state index contributed by atoms with van der Waals surface area (Å²) in [5, 5.41) is 28.4. The van der Waals surface area contributed by atoms with Gasteiger partial charge in [-0.2, -0.15) is 0 Å². The second-order valence-corrected chi connectivity index (χ2v) is 4.57. The molecular formula is C11H15NO6. The highest BCUT2D eigenvalue weighted by molar-refractivity contribution is 5.59. The molecule has 3 N–H and O–H groups in total. The van der Waals surface area contributed by atoms with Crippen molar-refractivity contribution < 1.29 is 20.1 Å². The molecule has 0 aliphatic carbocycles. The van der Waals surface area contributed by atoms with E-state index in [1.54, 1.807) is 14.1 Å². The second-order valence-electron chi connectivity index (χ2n) is 4.57. The highest BCUT2D eigenvalue weighted by Gasteiger charge is 2.47. The van der Waals surface area contributed by atoms with Crippen molar-refractivity contribution in [3.63, 3.8) is 0 Å². The van der Waals surface area contributed by atoms with Crippen LogP contribution >= 0.6 is 0 Å². The second kappa shape index (κ2) is 4.43. The van der Waals surface area contributed by atoms with Crippen molar-refractivity contribution in [3.05, 3.63) is 26.0 Å². The fraction of sp³-hybridized carbons (Fsp3) is 0.636. The first kappa shape index (κ1) is 13.2. The first-order chi connectivity index (χ1) is 8.40. The molecule has 0 spiro atoms. The highest BCUT2D eigenvalue weighted by Crippen LogP contribution is 2.35. The van der Waals surface area contributed by atoms with E-state index < -0.39 is 41.9 Å². The quantitative estimate of drug-likeness (QED) is 0.514. The first-order valence-electron chi connectivity index (χ1n) is 5.53. The third-order valence-corrected chi connectivity index (χ3v) is 3.20. The van der Waals surface area contributed by atoms with Crippen LogP contribution in [0.2, 0.25) is 0 Å². The lowest BCUT2D eigenvalue weighted by atomic mass is 9.95. The van der Waals surface area contributed by atoms with Crippen LogP contribution in [-0.2, 0) is 4.74 Å². The molecule has 1 heterocycles. The van der Waals surface area contributed by atoms with Gasteiger partial charge in [-0.3, -0.25) is 9.59 Å². The van der Waals surface area contributed by atoms with Crippen LogP contribution in [0.5, 0.6) is 0 Å². The summed E-state index contributed by atoms with van der Waals surface area (Å²) in [6.45, 7) is -0.471. The molecule has 1 aliphatic heterocycles. The SMILES string of the molecule is CN(C)c1c(C2OC(CO)C(O)C2O)c(=O)c1=O. The number of aliphatic hydroxyl groups excluding tert-OH is 3. The molecule has 0 aromatic heterocycles. The summed E-state index contributed by atoms with van der Waals surface area (Å²) >= 11 is 0. The van der Waals surface area contributed by atoms with E-state index in [1.165, 1.54) is 4.90 Å². The van der Waals surface area contributed by atoms with Gasteiger partial charge < -0.3 is 25.0 Å². The van der Waals surface area contributed by atoms with E-state index in [9.17, 15) is 19.8 Å². The first-order valence-corrected chi connectivity index (χ1v) is 5.53. The molecule has 1 aromatic carbocycles. The Labute approximate surface area is 103 Å². The Balaban J connectivity index is 2.37. The van der Waals surface area contributed by atoms with Gasteiger partial charge in [0.1, 0.15) is 24.4 Å². The molecule has 1 saturated heterocycles. The summed E-state index contributed by atoms with van der Waals surface area (Å²) in [6.07, 6.45) is -4.63. The Kier molecular flexibility index (Phi) is 3.24. The number of nitrogens with zero attached hydrogens (tertiary/aromatic N) is 1. The van der Waals surface area contributed by atoms with Gasteiger partial charge in [-0.1, -0.05) is 0 Å². The zero-order chi connectivity index (χ0) is 13.6. The Morgan fingerprint density at radius 2 is 1.78 bits per heavy atom. The Hall–Kier alpha value is -1.28.